The maximum atomic E-state index is 16.2. The third kappa shape index (κ3) is 8.19. The van der Waals surface area contributed by atoms with Crippen LogP contribution in [0.25, 0.3) is 16.8 Å². The highest BCUT2D eigenvalue weighted by molar-refractivity contribution is 7.90. The quantitative estimate of drug-likeness (QED) is 0.122. The van der Waals surface area contributed by atoms with Crippen LogP contribution in [-0.2, 0) is 24.9 Å². The monoisotopic (exact) mass is 835 g/mol. The van der Waals surface area contributed by atoms with E-state index in [0.717, 1.165) is 28.2 Å². The highest BCUT2D eigenvalue weighted by atomic mass is 35.5. The molecule has 4 aromatic rings. The van der Waals surface area contributed by atoms with Crippen LogP contribution in [0.4, 0.5) is 26.7 Å². The van der Waals surface area contributed by atoms with Gasteiger partial charge in [-0.15, -0.1) is 0 Å². The van der Waals surface area contributed by atoms with Gasteiger partial charge in [0.05, 0.1) is 21.6 Å². The van der Waals surface area contributed by atoms with Crippen molar-refractivity contribution >= 4 is 39.4 Å². The number of halogens is 6. The Morgan fingerprint density at radius 2 is 1.79 bits per heavy atom. The maximum absolute atomic E-state index is 16.2. The Hall–Kier alpha value is -5.10. The summed E-state index contributed by atoms with van der Waals surface area (Å²) in [7, 11) is -3.62. The Bertz CT molecular complexity index is 2360. The molecule has 0 unspecified atom stereocenters. The smallest absolute Gasteiger partial charge is 0.407 e. The molecule has 2 amide bonds. The molecule has 0 bridgehead atoms. The minimum atomic E-state index is -3.62. The lowest BCUT2D eigenvalue weighted by Gasteiger charge is -2.35. The van der Waals surface area contributed by atoms with Crippen molar-refractivity contribution in [3.8, 4) is 16.8 Å². The summed E-state index contributed by atoms with van der Waals surface area (Å²) in [6.45, 7) is 5.42. The summed E-state index contributed by atoms with van der Waals surface area (Å²) in [5.41, 5.74) is -3.86. The van der Waals surface area contributed by atoms with Gasteiger partial charge in [-0.2, -0.15) is 5.10 Å². The van der Waals surface area contributed by atoms with Crippen molar-refractivity contribution in [2.24, 2.45) is 5.41 Å². The molecule has 1 saturated heterocycles. The molecule has 0 radical (unpaired) electrons. The molecule has 2 fully saturated rings. The third-order valence-corrected chi connectivity index (χ3v) is 11.4. The predicted molar refractivity (Wildman–Crippen MR) is 200 cm³/mol. The molecular formula is C38H39ClF5N7O5S. The first-order valence-electron chi connectivity index (χ1n) is 17.6. The second-order valence-corrected chi connectivity index (χ2v) is 18.0. The lowest BCUT2D eigenvalue weighted by Crippen LogP contribution is -2.49. The first-order valence-corrected chi connectivity index (χ1v) is 19.8. The molecule has 3 aromatic carbocycles. The van der Waals surface area contributed by atoms with Crippen molar-refractivity contribution in [3.05, 3.63) is 94.8 Å². The lowest BCUT2D eigenvalue weighted by molar-refractivity contribution is -0.134. The number of nitrogens with one attached hydrogen (secondary N) is 3. The van der Waals surface area contributed by atoms with Gasteiger partial charge in [-0.3, -0.25) is 15.1 Å². The fraction of sp³-hybridized carbons (Fsp3) is 0.395. The van der Waals surface area contributed by atoms with E-state index >= 15 is 9.18 Å². The third-order valence-electron chi connectivity index (χ3n) is 9.96. The number of ether oxygens (including phenoxy) is 1. The molecular weight excluding hydrogens is 797 g/mol. The molecule has 0 spiro atoms. The minimum Gasteiger partial charge on any atom is -0.447 e. The van der Waals surface area contributed by atoms with Crippen LogP contribution in [0.3, 0.4) is 0 Å². The second kappa shape index (κ2) is 14.7. The number of amides is 2. The SMILES string of the molecule is CC(C)(C)C[C@]1(c2ccc(-c3cccc(S(C)(=O)=O)c3)c(F)c2)NC(=N)N([C@H](COC(=O)NC2(C(C)(F)F)CC2)c2ccc(Cl)c(-n3ncnc3C(F)F)c2)C1=O. The molecule has 1 aliphatic carbocycles. The fourth-order valence-corrected chi connectivity index (χ4v) is 7.90. The van der Waals surface area contributed by atoms with Crippen LogP contribution in [0.15, 0.2) is 71.9 Å². The zero-order chi connectivity index (χ0) is 41.9. The molecule has 6 rings (SSSR count). The Labute approximate surface area is 330 Å². The van der Waals surface area contributed by atoms with E-state index in [0.29, 0.717) is 6.92 Å². The number of sulfone groups is 1. The van der Waals surface area contributed by atoms with Crippen molar-refractivity contribution < 1.29 is 44.7 Å². The summed E-state index contributed by atoms with van der Waals surface area (Å²) >= 11 is 6.44. The fourth-order valence-electron chi connectivity index (χ4n) is 7.03. The summed E-state index contributed by atoms with van der Waals surface area (Å²) < 4.78 is 103. The van der Waals surface area contributed by atoms with Crippen molar-refractivity contribution in [3.63, 3.8) is 0 Å². The number of hydrogen-bond acceptors (Lipinski definition) is 8. The van der Waals surface area contributed by atoms with Crippen LogP contribution in [0.2, 0.25) is 5.02 Å². The summed E-state index contributed by atoms with van der Waals surface area (Å²) in [5.74, 6) is -6.11. The highest BCUT2D eigenvalue weighted by Crippen LogP contribution is 2.48. The van der Waals surface area contributed by atoms with Gasteiger partial charge in [-0.1, -0.05) is 62.7 Å². The summed E-state index contributed by atoms with van der Waals surface area (Å²) in [4.78, 5) is 32.6. The number of hydrogen-bond donors (Lipinski definition) is 3. The predicted octanol–water partition coefficient (Wildman–Crippen LogP) is 7.72. The van der Waals surface area contributed by atoms with E-state index in [1.54, 1.807) is 0 Å². The maximum Gasteiger partial charge on any atom is 0.407 e. The first kappa shape index (κ1) is 41.5. The van der Waals surface area contributed by atoms with Crippen molar-refractivity contribution in [1.82, 2.24) is 30.3 Å². The molecule has 1 aliphatic heterocycles. The van der Waals surface area contributed by atoms with Crippen LogP contribution in [0.1, 0.15) is 76.4 Å². The van der Waals surface area contributed by atoms with Crippen LogP contribution in [0.5, 0.6) is 0 Å². The molecule has 1 saturated carbocycles. The van der Waals surface area contributed by atoms with Gasteiger partial charge < -0.3 is 15.4 Å². The Morgan fingerprint density at radius 1 is 1.09 bits per heavy atom. The van der Waals surface area contributed by atoms with Crippen LogP contribution < -0.4 is 10.6 Å². The molecule has 57 heavy (non-hydrogen) atoms. The number of nitrogens with zero attached hydrogens (tertiary/aromatic N) is 4. The summed E-state index contributed by atoms with van der Waals surface area (Å²) in [6, 6.07) is 12.3. The molecule has 3 N–H and O–H groups in total. The van der Waals surface area contributed by atoms with Crippen LogP contribution in [0, 0.1) is 16.6 Å². The van der Waals surface area contributed by atoms with E-state index in [1.165, 1.54) is 54.6 Å². The zero-order valence-electron chi connectivity index (χ0n) is 31.3. The zero-order valence-corrected chi connectivity index (χ0v) is 32.9. The largest absolute Gasteiger partial charge is 0.447 e. The van der Waals surface area contributed by atoms with Gasteiger partial charge in [0, 0.05) is 18.7 Å². The molecule has 12 nitrogen and oxygen atoms in total. The molecule has 304 valence electrons. The Balaban J connectivity index is 1.43. The van der Waals surface area contributed by atoms with Crippen LogP contribution in [-0.4, -0.2) is 70.4 Å². The number of benzene rings is 3. The number of alkyl carbamates (subject to hydrolysis) is 1. The summed E-state index contributed by atoms with van der Waals surface area (Å²) in [6.07, 6.45) is -2.39. The Morgan fingerprint density at radius 3 is 2.39 bits per heavy atom. The number of carbonyl (C=O) groups is 2. The van der Waals surface area contributed by atoms with Crippen molar-refractivity contribution in [1.29, 1.82) is 5.41 Å². The Kier molecular flexibility index (Phi) is 10.7. The van der Waals surface area contributed by atoms with E-state index in [2.05, 4.69) is 20.7 Å². The van der Waals surface area contributed by atoms with E-state index in [1.807, 2.05) is 20.8 Å². The van der Waals surface area contributed by atoms with E-state index in [9.17, 15) is 30.8 Å². The number of carbonyl (C=O) groups excluding carboxylic acids is 2. The lowest BCUT2D eigenvalue weighted by atomic mass is 9.75. The molecule has 19 heteroatoms. The highest BCUT2D eigenvalue weighted by Gasteiger charge is 2.61. The van der Waals surface area contributed by atoms with E-state index in [-0.39, 0.29) is 57.1 Å². The van der Waals surface area contributed by atoms with Crippen molar-refractivity contribution in [2.75, 3.05) is 12.9 Å². The number of aromatic nitrogens is 3. The van der Waals surface area contributed by atoms with Gasteiger partial charge in [0.25, 0.3) is 18.3 Å². The molecule has 1 aromatic heterocycles. The number of guanidine groups is 1. The second-order valence-electron chi connectivity index (χ2n) is 15.5. The minimum absolute atomic E-state index is 0.00701. The molecule has 2 aliphatic rings. The van der Waals surface area contributed by atoms with Gasteiger partial charge in [0.15, 0.2) is 21.6 Å². The van der Waals surface area contributed by atoms with Gasteiger partial charge in [0.1, 0.15) is 29.8 Å². The van der Waals surface area contributed by atoms with Gasteiger partial charge in [0.2, 0.25) is 0 Å². The van der Waals surface area contributed by atoms with Gasteiger partial charge >= 0.3 is 6.09 Å². The normalized spacial score (nSPS) is 18.8. The molecule has 2 heterocycles. The summed E-state index contributed by atoms with van der Waals surface area (Å²) in [5, 5.41) is 18.1. The topological polar surface area (TPSA) is 159 Å². The van der Waals surface area contributed by atoms with E-state index < -0.39 is 80.9 Å². The number of rotatable bonds is 12. The number of alkyl halides is 4. The van der Waals surface area contributed by atoms with Crippen LogP contribution >= 0.6 is 11.6 Å². The van der Waals surface area contributed by atoms with Gasteiger partial charge in [-0.25, -0.2) is 44.8 Å². The average molecular weight is 836 g/mol. The van der Waals surface area contributed by atoms with Crippen molar-refractivity contribution in [2.45, 2.75) is 81.3 Å². The molecule has 2 atom stereocenters. The first-order chi connectivity index (χ1) is 26.5. The average Bonchev–Trinajstić information content (AvgIpc) is 3.66. The standard InChI is InChI=1S/C38H39ClF5N7O5S/c1-35(2,3)19-38(23-10-11-25(27(40)17-23)21-7-6-8-24(15-21)57(5,54)55)32(52)50(33(45)48-38)29(18-56-34(53)49-37(13-14-37)36(4,43)44)22-9-12-26(39)28(16-22)51-31(30(41)42)46-20-47-51/h6-12,15-17,20,29-30H,13-14,18-19H2,1-5H3,(H2,45,48)(H,49,53)/t29-,38-/m1/s1. The van der Waals surface area contributed by atoms with Gasteiger partial charge in [-0.05, 0) is 71.7 Å². The van der Waals surface area contributed by atoms with E-state index in [4.69, 9.17) is 21.7 Å².